The average molecular weight is 624 g/mol. The van der Waals surface area contributed by atoms with Crippen LogP contribution in [0.15, 0.2) is 12.2 Å². The molecule has 7 heteroatoms. The summed E-state index contributed by atoms with van der Waals surface area (Å²) in [7, 11) is 0. The second-order valence-electron chi connectivity index (χ2n) is 13.1. The van der Waals surface area contributed by atoms with E-state index in [1.165, 1.54) is 109 Å². The molecule has 0 aliphatic rings. The van der Waals surface area contributed by atoms with Crippen molar-refractivity contribution < 1.29 is 34.2 Å². The Labute approximate surface area is 270 Å². The first kappa shape index (κ1) is 42.1. The van der Waals surface area contributed by atoms with Gasteiger partial charge in [0, 0.05) is 18.8 Å². The highest BCUT2D eigenvalue weighted by Crippen LogP contribution is 2.18. The second-order valence-corrected chi connectivity index (χ2v) is 13.1. The average Bonchev–Trinajstić information content (AvgIpc) is 2.98. The van der Waals surface area contributed by atoms with E-state index in [0.29, 0.717) is 19.3 Å². The van der Waals surface area contributed by atoms with Crippen LogP contribution >= 0.6 is 0 Å². The van der Waals surface area contributed by atoms with Crippen LogP contribution in [0.5, 0.6) is 0 Å². The number of quaternary nitrogens is 1. The lowest BCUT2D eigenvalue weighted by molar-refractivity contribution is -0.923. The van der Waals surface area contributed by atoms with Crippen molar-refractivity contribution in [1.29, 1.82) is 0 Å². The molecule has 258 valence electrons. The molecule has 0 fully saturated rings. The Morgan fingerprint density at radius 2 is 0.864 bits per heavy atom. The summed E-state index contributed by atoms with van der Waals surface area (Å²) in [6, 6.07) is 0. The van der Waals surface area contributed by atoms with Crippen molar-refractivity contribution >= 4 is 17.9 Å². The van der Waals surface area contributed by atoms with Gasteiger partial charge in [-0.3, -0.25) is 9.59 Å². The maximum absolute atomic E-state index is 11.0. The third kappa shape index (κ3) is 30.1. The summed E-state index contributed by atoms with van der Waals surface area (Å²) >= 11 is 0. The third-order valence-corrected chi connectivity index (χ3v) is 8.94. The Morgan fingerprint density at radius 3 is 1.23 bits per heavy atom. The molecule has 0 aliphatic carbocycles. The van der Waals surface area contributed by atoms with Gasteiger partial charge in [0.05, 0.1) is 26.2 Å². The molecule has 0 saturated carbocycles. The van der Waals surface area contributed by atoms with E-state index in [1.807, 2.05) is 0 Å². The number of nitrogens with zero attached hydrogens (tertiary/aromatic N) is 1. The van der Waals surface area contributed by atoms with Crippen LogP contribution in [0.2, 0.25) is 0 Å². The van der Waals surface area contributed by atoms with Crippen molar-refractivity contribution in [2.24, 2.45) is 0 Å². The predicted octanol–water partition coefficient (Wildman–Crippen LogP) is 8.83. The Hall–Kier alpha value is -1.89. The van der Waals surface area contributed by atoms with Gasteiger partial charge in [-0.1, -0.05) is 116 Å². The van der Waals surface area contributed by atoms with E-state index in [4.69, 9.17) is 10.2 Å². The molecule has 0 atom stereocenters. The molecule has 0 aromatic rings. The predicted molar refractivity (Wildman–Crippen MR) is 179 cm³/mol. The van der Waals surface area contributed by atoms with Gasteiger partial charge >= 0.3 is 11.9 Å². The Kier molecular flexibility index (Phi) is 29.8. The first-order valence-electron chi connectivity index (χ1n) is 18.4. The molecular weight excluding hydrogens is 554 g/mol. The first-order chi connectivity index (χ1) is 21.3. The van der Waals surface area contributed by atoms with Crippen molar-refractivity contribution in [3.05, 3.63) is 12.2 Å². The lowest BCUT2D eigenvalue weighted by atomic mass is 10.0. The fourth-order valence-corrected chi connectivity index (χ4v) is 6.18. The number of carboxylic acid groups (broad SMARTS) is 3. The number of carbonyl (C=O) groups excluding carboxylic acids is 1. The van der Waals surface area contributed by atoms with Crippen molar-refractivity contribution in [3.8, 4) is 0 Å². The molecule has 0 heterocycles. The number of hydrogen-bond donors (Lipinski definition) is 2. The van der Waals surface area contributed by atoms with Crippen LogP contribution in [0.1, 0.15) is 180 Å². The van der Waals surface area contributed by atoms with E-state index in [2.05, 4.69) is 19.1 Å². The standard InChI is InChI=1S/C37H69NO6/c1-2-3-4-5-6-7-8-9-10-11-12-13-14-15-16-17-18-19-20-24-31-38(32-25-21-28-35(39)40,33-26-22-29-36(41)42)34-27-23-30-37(43)44/h20,24H,2-19,21-23,25-34H2,1H3,(H2-,39,40,41,42,43,44)/b24-20+. The molecule has 0 aliphatic heterocycles. The molecular formula is C37H69NO6. The highest BCUT2D eigenvalue weighted by molar-refractivity contribution is 5.66. The van der Waals surface area contributed by atoms with Crippen LogP contribution in [0, 0.1) is 0 Å². The minimum absolute atomic E-state index is 0.0488. The number of carbonyl (C=O) groups is 3. The van der Waals surface area contributed by atoms with E-state index in [-0.39, 0.29) is 19.3 Å². The van der Waals surface area contributed by atoms with Crippen LogP contribution in [0.4, 0.5) is 0 Å². The summed E-state index contributed by atoms with van der Waals surface area (Å²) in [5.41, 5.74) is 0. The SMILES string of the molecule is CCCCCCCCCCCCCCCCCCC/C=C/C[N+](CCCCC(=O)[O-])(CCCCC(=O)O)CCCCC(=O)O. The largest absolute Gasteiger partial charge is 0.550 e. The Balaban J connectivity index is 4.30. The van der Waals surface area contributed by atoms with Gasteiger partial charge in [-0.05, 0) is 63.9 Å². The minimum atomic E-state index is -1.03. The van der Waals surface area contributed by atoms with Crippen LogP contribution in [-0.4, -0.2) is 58.8 Å². The van der Waals surface area contributed by atoms with E-state index in [1.54, 1.807) is 0 Å². The molecule has 7 nitrogen and oxygen atoms in total. The lowest BCUT2D eigenvalue weighted by Gasteiger charge is -2.38. The molecule has 0 bridgehead atoms. The molecule has 0 amide bonds. The van der Waals surface area contributed by atoms with Crippen molar-refractivity contribution in [1.82, 2.24) is 0 Å². The van der Waals surface area contributed by atoms with E-state index >= 15 is 0 Å². The summed E-state index contributed by atoms with van der Waals surface area (Å²) in [6.45, 7) is 5.57. The van der Waals surface area contributed by atoms with Crippen molar-refractivity contribution in [3.63, 3.8) is 0 Å². The lowest BCUT2D eigenvalue weighted by Crippen LogP contribution is -2.50. The molecule has 0 radical (unpaired) electrons. The van der Waals surface area contributed by atoms with Gasteiger partial charge in [0.2, 0.25) is 0 Å². The third-order valence-electron chi connectivity index (χ3n) is 8.94. The fraction of sp³-hybridized carbons (Fsp3) is 0.865. The number of allylic oxidation sites excluding steroid dienone is 1. The van der Waals surface area contributed by atoms with E-state index in [0.717, 1.165) is 56.3 Å². The molecule has 0 aromatic carbocycles. The zero-order valence-electron chi connectivity index (χ0n) is 28.5. The highest BCUT2D eigenvalue weighted by atomic mass is 16.4. The molecule has 0 rings (SSSR count). The molecule has 0 spiro atoms. The number of unbranched alkanes of at least 4 members (excludes halogenated alkanes) is 20. The van der Waals surface area contributed by atoms with E-state index in [9.17, 15) is 19.5 Å². The molecule has 0 aromatic heterocycles. The van der Waals surface area contributed by atoms with Crippen LogP contribution in [0.25, 0.3) is 0 Å². The maximum Gasteiger partial charge on any atom is 0.303 e. The summed E-state index contributed by atoms with van der Waals surface area (Å²) in [6.07, 6.45) is 33.4. The van der Waals surface area contributed by atoms with Gasteiger partial charge in [0.25, 0.3) is 0 Å². The smallest absolute Gasteiger partial charge is 0.303 e. The van der Waals surface area contributed by atoms with Crippen molar-refractivity contribution in [2.75, 3.05) is 26.2 Å². The number of aliphatic carboxylic acids is 3. The zero-order valence-corrected chi connectivity index (χ0v) is 28.5. The van der Waals surface area contributed by atoms with Crippen molar-refractivity contribution in [2.45, 2.75) is 180 Å². The Morgan fingerprint density at radius 1 is 0.500 bits per heavy atom. The number of carboxylic acids is 3. The van der Waals surface area contributed by atoms with Gasteiger partial charge in [-0.15, -0.1) is 0 Å². The zero-order chi connectivity index (χ0) is 32.6. The summed E-state index contributed by atoms with van der Waals surface area (Å²) < 4.78 is 0.766. The molecule has 0 saturated heterocycles. The molecule has 2 N–H and O–H groups in total. The first-order valence-corrected chi connectivity index (χ1v) is 18.4. The summed E-state index contributed by atoms with van der Waals surface area (Å²) in [4.78, 5) is 32.9. The minimum Gasteiger partial charge on any atom is -0.550 e. The molecule has 44 heavy (non-hydrogen) atoms. The number of hydrogen-bond acceptors (Lipinski definition) is 4. The number of rotatable bonds is 35. The highest BCUT2D eigenvalue weighted by Gasteiger charge is 2.25. The quantitative estimate of drug-likeness (QED) is 0.0414. The second kappa shape index (κ2) is 31.1. The monoisotopic (exact) mass is 624 g/mol. The van der Waals surface area contributed by atoms with Crippen LogP contribution in [0.3, 0.4) is 0 Å². The molecule has 0 unspecified atom stereocenters. The summed E-state index contributed by atoms with van der Waals surface area (Å²) in [5.74, 6) is -2.60. The van der Waals surface area contributed by atoms with Gasteiger partial charge in [-0.2, -0.15) is 0 Å². The summed E-state index contributed by atoms with van der Waals surface area (Å²) in [5, 5.41) is 29.0. The fourth-order valence-electron chi connectivity index (χ4n) is 6.18. The van der Waals surface area contributed by atoms with Gasteiger partial charge < -0.3 is 24.6 Å². The maximum atomic E-state index is 11.0. The van der Waals surface area contributed by atoms with E-state index < -0.39 is 17.9 Å². The van der Waals surface area contributed by atoms with Crippen LogP contribution < -0.4 is 5.11 Å². The normalized spacial score (nSPS) is 11.8. The van der Waals surface area contributed by atoms with Gasteiger partial charge in [-0.25, -0.2) is 0 Å². The van der Waals surface area contributed by atoms with Crippen LogP contribution in [-0.2, 0) is 14.4 Å². The Bertz CT molecular complexity index is 668. The van der Waals surface area contributed by atoms with Gasteiger partial charge in [0.15, 0.2) is 0 Å². The topological polar surface area (TPSA) is 115 Å². The van der Waals surface area contributed by atoms with Gasteiger partial charge in [0.1, 0.15) is 0 Å².